The SMILES string of the molecule is CCC.COC(N)=O. The van der Waals surface area contributed by atoms with Gasteiger partial charge < -0.3 is 10.5 Å². The molecule has 0 saturated carbocycles. The summed E-state index contributed by atoms with van der Waals surface area (Å²) in [5.74, 6) is 0. The molecule has 0 aliphatic heterocycles. The highest BCUT2D eigenvalue weighted by molar-refractivity contribution is 5.64. The molecule has 0 aliphatic rings. The van der Waals surface area contributed by atoms with Gasteiger partial charge in [0.2, 0.25) is 0 Å². The van der Waals surface area contributed by atoms with Crippen molar-refractivity contribution in [1.82, 2.24) is 0 Å². The Morgan fingerprint density at radius 3 is 1.75 bits per heavy atom. The molecule has 0 aliphatic carbocycles. The first kappa shape index (κ1) is 10.3. The molecule has 3 heteroatoms. The van der Waals surface area contributed by atoms with Gasteiger partial charge in [-0.3, -0.25) is 0 Å². The molecule has 3 nitrogen and oxygen atoms in total. The zero-order valence-corrected chi connectivity index (χ0v) is 5.60. The summed E-state index contributed by atoms with van der Waals surface area (Å²) in [6, 6.07) is 0. The molecule has 8 heavy (non-hydrogen) atoms. The highest BCUT2D eigenvalue weighted by Gasteiger charge is 1.76. The smallest absolute Gasteiger partial charge is 0.404 e. The third-order valence-corrected chi connectivity index (χ3v) is 0.201. The number of amides is 1. The standard InChI is InChI=1S/C3H8.C2H5NO2/c1-3-2;1-5-2(3)4/h3H2,1-2H3;1H3,(H2,3,4). The van der Waals surface area contributed by atoms with E-state index in [1.54, 1.807) is 0 Å². The summed E-state index contributed by atoms with van der Waals surface area (Å²) in [5.41, 5.74) is 4.43. The molecule has 0 aromatic rings. The minimum Gasteiger partial charge on any atom is -0.453 e. The number of carbonyl (C=O) groups is 1. The summed E-state index contributed by atoms with van der Waals surface area (Å²) < 4.78 is 3.89. The molecule has 0 fully saturated rings. The summed E-state index contributed by atoms with van der Waals surface area (Å²) in [7, 11) is 1.22. The fourth-order valence-electron chi connectivity index (χ4n) is 0. The number of nitrogens with two attached hydrogens (primary N) is 1. The van der Waals surface area contributed by atoms with E-state index in [-0.39, 0.29) is 0 Å². The van der Waals surface area contributed by atoms with Crippen molar-refractivity contribution in [1.29, 1.82) is 0 Å². The number of carbonyl (C=O) groups excluding carboxylic acids is 1. The number of ether oxygens (including phenoxy) is 1. The average Bonchev–Trinajstić information content (AvgIpc) is 1.69. The van der Waals surface area contributed by atoms with Gasteiger partial charge in [0.25, 0.3) is 0 Å². The van der Waals surface area contributed by atoms with E-state index in [1.165, 1.54) is 13.5 Å². The van der Waals surface area contributed by atoms with Crippen molar-refractivity contribution in [3.05, 3.63) is 0 Å². The quantitative estimate of drug-likeness (QED) is 0.519. The van der Waals surface area contributed by atoms with E-state index in [1.807, 2.05) is 0 Å². The minimum atomic E-state index is -0.745. The van der Waals surface area contributed by atoms with Crippen molar-refractivity contribution in [2.75, 3.05) is 7.11 Å². The fourth-order valence-corrected chi connectivity index (χ4v) is 0. The van der Waals surface area contributed by atoms with E-state index in [9.17, 15) is 4.79 Å². The second kappa shape index (κ2) is 9.55. The number of primary amides is 1. The van der Waals surface area contributed by atoms with E-state index in [2.05, 4.69) is 24.3 Å². The Bertz CT molecular complexity index is 54.4. The zero-order valence-electron chi connectivity index (χ0n) is 5.60. The summed E-state index contributed by atoms with van der Waals surface area (Å²) in [5, 5.41) is 0. The van der Waals surface area contributed by atoms with Crippen LogP contribution in [0.4, 0.5) is 4.79 Å². The molecule has 0 saturated heterocycles. The first-order valence-corrected chi connectivity index (χ1v) is 2.52. The summed E-state index contributed by atoms with van der Waals surface area (Å²) in [6.07, 6.45) is 0.505. The van der Waals surface area contributed by atoms with E-state index >= 15 is 0 Å². The monoisotopic (exact) mass is 119 g/mol. The Balaban J connectivity index is 0. The molecule has 0 spiro atoms. The van der Waals surface area contributed by atoms with Gasteiger partial charge >= 0.3 is 6.09 Å². The Morgan fingerprint density at radius 2 is 1.75 bits per heavy atom. The Kier molecular flexibility index (Phi) is 12.3. The second-order valence-electron chi connectivity index (χ2n) is 1.23. The van der Waals surface area contributed by atoms with Crippen molar-refractivity contribution in [2.24, 2.45) is 5.73 Å². The lowest BCUT2D eigenvalue weighted by Gasteiger charge is -1.81. The maximum atomic E-state index is 9.37. The van der Waals surface area contributed by atoms with Crippen LogP contribution in [-0.4, -0.2) is 13.2 Å². The van der Waals surface area contributed by atoms with Gasteiger partial charge in [0.05, 0.1) is 7.11 Å². The lowest BCUT2D eigenvalue weighted by Crippen LogP contribution is -2.08. The van der Waals surface area contributed by atoms with E-state index in [4.69, 9.17) is 0 Å². The van der Waals surface area contributed by atoms with Crippen LogP contribution in [0.25, 0.3) is 0 Å². The molecule has 0 rings (SSSR count). The normalized spacial score (nSPS) is 6.38. The molecular weight excluding hydrogens is 106 g/mol. The van der Waals surface area contributed by atoms with Crippen LogP contribution in [0.3, 0.4) is 0 Å². The molecule has 0 heterocycles. The van der Waals surface area contributed by atoms with Gasteiger partial charge in [-0.2, -0.15) is 0 Å². The first-order chi connectivity index (χ1) is 3.68. The Labute approximate surface area is 49.8 Å². The summed E-state index contributed by atoms with van der Waals surface area (Å²) in [4.78, 5) is 9.37. The molecule has 0 radical (unpaired) electrons. The number of hydrogen-bond acceptors (Lipinski definition) is 2. The first-order valence-electron chi connectivity index (χ1n) is 2.52. The molecule has 0 aromatic carbocycles. The van der Waals surface area contributed by atoms with Crippen LogP contribution in [0.5, 0.6) is 0 Å². The molecule has 0 aromatic heterocycles. The Morgan fingerprint density at radius 1 is 1.62 bits per heavy atom. The molecule has 2 N–H and O–H groups in total. The third-order valence-electron chi connectivity index (χ3n) is 0.201. The lowest BCUT2D eigenvalue weighted by molar-refractivity contribution is 0.182. The van der Waals surface area contributed by atoms with Gasteiger partial charge in [0.15, 0.2) is 0 Å². The third kappa shape index (κ3) is 59.6. The molecule has 0 atom stereocenters. The van der Waals surface area contributed by atoms with Crippen molar-refractivity contribution in [3.8, 4) is 0 Å². The highest BCUT2D eigenvalue weighted by Crippen LogP contribution is 1.56. The van der Waals surface area contributed by atoms with Crippen molar-refractivity contribution in [2.45, 2.75) is 20.3 Å². The van der Waals surface area contributed by atoms with Gasteiger partial charge in [0, 0.05) is 0 Å². The largest absolute Gasteiger partial charge is 0.453 e. The predicted molar refractivity (Wildman–Crippen MR) is 32.6 cm³/mol. The Hall–Kier alpha value is -0.730. The minimum absolute atomic E-state index is 0.745. The van der Waals surface area contributed by atoms with Gasteiger partial charge in [-0.1, -0.05) is 20.3 Å². The van der Waals surface area contributed by atoms with Crippen LogP contribution >= 0.6 is 0 Å². The topological polar surface area (TPSA) is 52.3 Å². The van der Waals surface area contributed by atoms with Crippen LogP contribution in [0.15, 0.2) is 0 Å². The van der Waals surface area contributed by atoms with Gasteiger partial charge in [-0.15, -0.1) is 0 Å². The van der Waals surface area contributed by atoms with Crippen LogP contribution in [0.1, 0.15) is 20.3 Å². The van der Waals surface area contributed by atoms with Crippen LogP contribution in [-0.2, 0) is 4.74 Å². The van der Waals surface area contributed by atoms with E-state index in [0.717, 1.165) is 0 Å². The zero-order chi connectivity index (χ0) is 6.99. The van der Waals surface area contributed by atoms with Crippen molar-refractivity contribution in [3.63, 3.8) is 0 Å². The van der Waals surface area contributed by atoms with Gasteiger partial charge in [-0.25, -0.2) is 4.79 Å². The van der Waals surface area contributed by atoms with E-state index < -0.39 is 6.09 Å². The average molecular weight is 119 g/mol. The molecular formula is C5H13NO2. The summed E-state index contributed by atoms with van der Waals surface area (Å²) >= 11 is 0. The number of hydrogen-bond donors (Lipinski definition) is 1. The maximum absolute atomic E-state index is 9.37. The van der Waals surface area contributed by atoms with Crippen LogP contribution < -0.4 is 5.73 Å². The molecule has 1 amide bonds. The predicted octanol–water partition coefficient (Wildman–Crippen LogP) is 1.13. The van der Waals surface area contributed by atoms with Gasteiger partial charge in [-0.05, 0) is 0 Å². The van der Waals surface area contributed by atoms with Gasteiger partial charge in [0.1, 0.15) is 0 Å². The van der Waals surface area contributed by atoms with Crippen LogP contribution in [0, 0.1) is 0 Å². The molecule has 0 bridgehead atoms. The molecule has 0 unspecified atom stereocenters. The number of rotatable bonds is 0. The van der Waals surface area contributed by atoms with Crippen molar-refractivity contribution < 1.29 is 9.53 Å². The highest BCUT2D eigenvalue weighted by atomic mass is 16.5. The van der Waals surface area contributed by atoms with E-state index in [0.29, 0.717) is 0 Å². The molecule has 50 valence electrons. The number of methoxy groups -OCH3 is 1. The maximum Gasteiger partial charge on any atom is 0.404 e. The fraction of sp³-hybridized carbons (Fsp3) is 0.800. The van der Waals surface area contributed by atoms with Crippen molar-refractivity contribution >= 4 is 6.09 Å². The lowest BCUT2D eigenvalue weighted by atomic mass is 10.6. The second-order valence-corrected chi connectivity index (χ2v) is 1.23. The summed E-state index contributed by atoms with van der Waals surface area (Å²) in [6.45, 7) is 4.25. The van der Waals surface area contributed by atoms with Crippen LogP contribution in [0.2, 0.25) is 0 Å².